The third-order valence-electron chi connectivity index (χ3n) is 9.13. The second-order valence-electron chi connectivity index (χ2n) is 13.0. The van der Waals surface area contributed by atoms with Gasteiger partial charge >= 0.3 is 30.8 Å². The van der Waals surface area contributed by atoms with Crippen molar-refractivity contribution in [2.45, 2.75) is 0 Å². The molecule has 0 aliphatic rings. The normalized spacial score (nSPS) is 10.1. The first-order valence-electron chi connectivity index (χ1n) is 19.4. The topological polar surface area (TPSA) is 19.9 Å². The molecule has 297 valence electrons. The minimum atomic E-state index is -0.446. The molecule has 5 heteroatoms. The summed E-state index contributed by atoms with van der Waals surface area (Å²) in [5.74, 6) is 0. The number of benzene rings is 9. The van der Waals surface area contributed by atoms with Crippen molar-refractivity contribution in [1.29, 1.82) is 0 Å². The Morgan fingerprint density at radius 3 is 0.350 bits per heavy atom. The standard InChI is InChI=1S/3C18H15P.CO.Rh.2H/c3*1-4-10-16(11-5-1)19(17-12-6-2-7-13-17)18-14-8-3-9-15-18;1-2;;;/h3*1-15H;;;;. The van der Waals surface area contributed by atoms with Crippen molar-refractivity contribution in [3.05, 3.63) is 280 Å². The predicted molar refractivity (Wildman–Crippen MR) is 262 cm³/mol. The zero-order valence-electron chi connectivity index (χ0n) is 33.1. The van der Waals surface area contributed by atoms with E-state index in [2.05, 4.69) is 280 Å². The predicted octanol–water partition coefficient (Wildman–Crippen LogP) is 9.76. The van der Waals surface area contributed by atoms with Crippen molar-refractivity contribution >= 4 is 71.5 Å². The summed E-state index contributed by atoms with van der Waals surface area (Å²) < 4.78 is 7.50. The van der Waals surface area contributed by atoms with E-state index in [1.54, 1.807) is 0 Å². The molecule has 9 aromatic carbocycles. The molecule has 0 aliphatic heterocycles. The summed E-state index contributed by atoms with van der Waals surface area (Å²) in [6, 6.07) is 97.0. The molecule has 0 spiro atoms. The number of hydrogen-bond donors (Lipinski definition) is 0. The van der Waals surface area contributed by atoms with Gasteiger partial charge in [-0.25, -0.2) is 0 Å². The van der Waals surface area contributed by atoms with Crippen molar-refractivity contribution in [2.75, 3.05) is 0 Å². The first-order valence-corrected chi connectivity index (χ1v) is 23.4. The van der Waals surface area contributed by atoms with Crippen LogP contribution in [0.15, 0.2) is 273 Å². The maximum absolute atomic E-state index is 7.50. The van der Waals surface area contributed by atoms with Crippen LogP contribution in [-0.4, -0.2) is 0 Å². The van der Waals surface area contributed by atoms with Crippen LogP contribution in [0.25, 0.3) is 0 Å². The van der Waals surface area contributed by atoms with Crippen molar-refractivity contribution in [1.82, 2.24) is 0 Å². The van der Waals surface area contributed by atoms with Crippen molar-refractivity contribution in [3.8, 4) is 0 Å². The second-order valence-corrected chi connectivity index (χ2v) is 19.7. The van der Waals surface area contributed by atoms with E-state index in [4.69, 9.17) is 4.65 Å². The van der Waals surface area contributed by atoms with E-state index in [1.807, 2.05) is 0 Å². The van der Waals surface area contributed by atoms with Crippen molar-refractivity contribution in [2.24, 2.45) is 0 Å². The van der Waals surface area contributed by atoms with E-state index in [1.165, 1.54) is 47.7 Å². The summed E-state index contributed by atoms with van der Waals surface area (Å²) in [5, 5.41) is 12.6. The molecule has 1 nitrogen and oxygen atoms in total. The second kappa shape index (κ2) is 26.0. The van der Waals surface area contributed by atoms with E-state index in [0.29, 0.717) is 0 Å². The van der Waals surface area contributed by atoms with Crippen molar-refractivity contribution in [3.63, 3.8) is 0 Å². The Labute approximate surface area is 373 Å². The maximum Gasteiger partial charge on any atom is -0.0134 e. The van der Waals surface area contributed by atoms with Gasteiger partial charge in [0.25, 0.3) is 0 Å². The first-order chi connectivity index (χ1) is 29.3. The van der Waals surface area contributed by atoms with Gasteiger partial charge in [-0.1, -0.05) is 273 Å². The van der Waals surface area contributed by atoms with E-state index in [0.717, 1.165) is 0 Å². The summed E-state index contributed by atoms with van der Waals surface area (Å²) in [7, 11) is -1.34. The summed E-state index contributed by atoms with van der Waals surface area (Å²) >= 11 is 0. The first kappa shape index (κ1) is 45.7. The average molecular weight is 920 g/mol. The van der Waals surface area contributed by atoms with Gasteiger partial charge in [0.1, 0.15) is 0 Å². The van der Waals surface area contributed by atoms with Gasteiger partial charge in [0.05, 0.1) is 0 Å². The van der Waals surface area contributed by atoms with Gasteiger partial charge in [0.2, 0.25) is 0 Å². The summed E-state index contributed by atoms with van der Waals surface area (Å²) in [5.41, 5.74) is 0. The molecule has 0 saturated heterocycles. The average Bonchev–Trinajstić information content (AvgIpc) is 3.34. The summed E-state index contributed by atoms with van der Waals surface area (Å²) in [6.07, 6.45) is 0. The molecular weight excluding hydrogens is 872 g/mol. The van der Waals surface area contributed by atoms with Crippen LogP contribution in [0.1, 0.15) is 0 Å². The van der Waals surface area contributed by atoms with Gasteiger partial charge in [-0.15, -0.1) is 0 Å². The molecule has 0 bridgehead atoms. The Morgan fingerprint density at radius 2 is 0.267 bits per heavy atom. The van der Waals surface area contributed by atoms with Gasteiger partial charge in [-0.3, -0.25) is 0 Å². The zero-order valence-corrected chi connectivity index (χ0v) is 37.7. The van der Waals surface area contributed by atoms with E-state index in [-0.39, 0.29) is 19.5 Å². The minimum absolute atomic E-state index is 0. The fraction of sp³-hybridized carbons (Fsp3) is 0. The summed E-state index contributed by atoms with van der Waals surface area (Å²) in [6.45, 7) is 4.50. The van der Waals surface area contributed by atoms with Crippen LogP contribution in [0.2, 0.25) is 0 Å². The van der Waals surface area contributed by atoms with Gasteiger partial charge in [-0.05, 0) is 71.5 Å². The molecule has 0 fully saturated rings. The molecule has 0 aromatic heterocycles. The van der Waals surface area contributed by atoms with Crippen LogP contribution < -0.4 is 47.7 Å². The summed E-state index contributed by atoms with van der Waals surface area (Å²) in [4.78, 5) is 0. The zero-order chi connectivity index (χ0) is 40.7. The number of hydrogen-bond acceptors (Lipinski definition) is 0. The van der Waals surface area contributed by atoms with Crippen LogP contribution in [-0.2, 0) is 24.1 Å². The molecule has 1 radical (unpaired) electrons. The van der Waals surface area contributed by atoms with E-state index < -0.39 is 23.8 Å². The Bertz CT molecular complexity index is 1920. The molecule has 0 aliphatic carbocycles. The van der Waals surface area contributed by atoms with Gasteiger partial charge in [0.15, 0.2) is 0 Å². The monoisotopic (exact) mass is 919 g/mol. The molecule has 0 heterocycles. The van der Waals surface area contributed by atoms with Gasteiger partial charge in [-0.2, -0.15) is 0 Å². The minimum Gasteiger partial charge on any atom is -0.0622 e. The van der Waals surface area contributed by atoms with Gasteiger partial charge < -0.3 is 0 Å². The fourth-order valence-corrected chi connectivity index (χ4v) is 13.5. The smallest absolute Gasteiger partial charge is 0.0134 e. The number of rotatable bonds is 9. The van der Waals surface area contributed by atoms with Gasteiger partial charge in [0, 0.05) is 0 Å². The van der Waals surface area contributed by atoms with Crippen LogP contribution in [0.4, 0.5) is 0 Å². The molecule has 0 atom stereocenters. The Balaban J connectivity index is 0.000000166. The van der Waals surface area contributed by atoms with E-state index >= 15 is 0 Å². The molecule has 0 saturated carbocycles. The van der Waals surface area contributed by atoms with Crippen LogP contribution in [0, 0.1) is 6.65 Å². The largest absolute Gasteiger partial charge is 0.0622 e. The fourth-order valence-electron chi connectivity index (χ4n) is 6.54. The Morgan fingerprint density at radius 1 is 0.183 bits per heavy atom. The molecule has 0 N–H and O–H groups in total. The molecule has 0 amide bonds. The Hall–Kier alpha value is -5.37. The maximum atomic E-state index is 7.50. The molecule has 0 unspecified atom stereocenters. The third kappa shape index (κ3) is 13.3. The molecule has 9 rings (SSSR count). The third-order valence-corrected chi connectivity index (χ3v) is 16.5. The SMILES string of the molecule is [C-]#[O+].[RhH2].c1ccc(P(c2ccccc2)c2ccccc2)cc1.c1ccc(P(c2ccccc2)c2ccccc2)cc1.c1ccc(P(c2ccccc2)c2ccccc2)cc1. The van der Waals surface area contributed by atoms with Crippen LogP contribution in [0.5, 0.6) is 0 Å². The molecule has 60 heavy (non-hydrogen) atoms. The molecule has 9 aromatic rings. The molecular formula is C55H47OP3Rh. The Kier molecular flexibility index (Phi) is 19.8. The quantitative estimate of drug-likeness (QED) is 0.0596. The van der Waals surface area contributed by atoms with Crippen molar-refractivity contribution < 1.29 is 24.1 Å². The van der Waals surface area contributed by atoms with E-state index in [9.17, 15) is 0 Å². The van der Waals surface area contributed by atoms with Crippen LogP contribution in [0.3, 0.4) is 0 Å². The van der Waals surface area contributed by atoms with Crippen LogP contribution >= 0.6 is 23.8 Å².